The van der Waals surface area contributed by atoms with Gasteiger partial charge in [0.25, 0.3) is 5.56 Å². The van der Waals surface area contributed by atoms with Gasteiger partial charge in [0.15, 0.2) is 4.77 Å². The molecular formula is C19H26N4O3S. The fraction of sp³-hybridized carbons (Fsp3) is 0.421. The first-order valence-electron chi connectivity index (χ1n) is 8.97. The summed E-state index contributed by atoms with van der Waals surface area (Å²) in [6, 6.07) is 7.11. The molecule has 2 rings (SSSR count). The van der Waals surface area contributed by atoms with E-state index in [9.17, 15) is 9.90 Å². The highest BCUT2D eigenvalue weighted by atomic mass is 32.1. The van der Waals surface area contributed by atoms with Gasteiger partial charge in [-0.3, -0.25) is 19.3 Å². The Balaban J connectivity index is 2.30. The molecule has 0 saturated heterocycles. The molecule has 8 heteroatoms. The van der Waals surface area contributed by atoms with Gasteiger partial charge in [0.05, 0.1) is 12.8 Å². The number of hydrogen-bond acceptors (Lipinski definition) is 6. The highest BCUT2D eigenvalue weighted by Crippen LogP contribution is 2.26. The summed E-state index contributed by atoms with van der Waals surface area (Å²) in [4.78, 5) is 21.4. The van der Waals surface area contributed by atoms with E-state index in [1.165, 1.54) is 17.9 Å². The molecule has 0 spiro atoms. The van der Waals surface area contributed by atoms with Crippen molar-refractivity contribution < 1.29 is 9.84 Å². The predicted molar refractivity (Wildman–Crippen MR) is 110 cm³/mol. The fourth-order valence-electron chi connectivity index (χ4n) is 2.77. The van der Waals surface area contributed by atoms with Crippen molar-refractivity contribution in [2.75, 3.05) is 33.3 Å². The average molecular weight is 391 g/mol. The fourth-order valence-corrected chi connectivity index (χ4v) is 3.05. The Morgan fingerprint density at radius 1 is 1.33 bits per heavy atom. The third-order valence-electron chi connectivity index (χ3n) is 4.32. The van der Waals surface area contributed by atoms with Gasteiger partial charge >= 0.3 is 0 Å². The minimum atomic E-state index is -0.476. The number of aliphatic imine (C=N–C) groups is 1. The van der Waals surface area contributed by atoms with Crippen molar-refractivity contribution in [3.8, 4) is 17.3 Å². The highest BCUT2D eigenvalue weighted by Gasteiger charge is 2.15. The molecule has 27 heavy (non-hydrogen) atoms. The Kier molecular flexibility index (Phi) is 7.75. The van der Waals surface area contributed by atoms with Crippen LogP contribution in [0.4, 0.5) is 0 Å². The van der Waals surface area contributed by atoms with E-state index >= 15 is 0 Å². The van der Waals surface area contributed by atoms with Crippen molar-refractivity contribution >= 4 is 18.4 Å². The maximum absolute atomic E-state index is 12.2. The van der Waals surface area contributed by atoms with Crippen molar-refractivity contribution in [1.29, 1.82) is 0 Å². The van der Waals surface area contributed by atoms with Crippen LogP contribution in [0.15, 0.2) is 34.1 Å². The van der Waals surface area contributed by atoms with E-state index in [1.807, 2.05) is 6.07 Å². The molecule has 1 aromatic heterocycles. The Morgan fingerprint density at radius 3 is 2.70 bits per heavy atom. The Morgan fingerprint density at radius 2 is 2.04 bits per heavy atom. The molecule has 0 saturated carbocycles. The van der Waals surface area contributed by atoms with Gasteiger partial charge in [-0.2, -0.15) is 0 Å². The molecule has 2 N–H and O–H groups in total. The zero-order valence-electron chi connectivity index (χ0n) is 15.9. The second kappa shape index (κ2) is 10.0. The highest BCUT2D eigenvalue weighted by molar-refractivity contribution is 7.71. The number of ether oxygens (including phenoxy) is 1. The van der Waals surface area contributed by atoms with E-state index in [0.717, 1.165) is 26.1 Å². The van der Waals surface area contributed by atoms with E-state index in [2.05, 4.69) is 28.7 Å². The van der Waals surface area contributed by atoms with Crippen LogP contribution in [-0.2, 0) is 0 Å². The Labute approximate surface area is 164 Å². The van der Waals surface area contributed by atoms with Crippen LogP contribution in [0.5, 0.6) is 11.6 Å². The average Bonchev–Trinajstić information content (AvgIpc) is 2.67. The Bertz CT molecular complexity index is 901. The first-order chi connectivity index (χ1) is 13.0. The summed E-state index contributed by atoms with van der Waals surface area (Å²) < 4.78 is 6.78. The lowest BCUT2D eigenvalue weighted by Gasteiger charge is -2.16. The molecule has 1 heterocycles. The normalized spacial score (nSPS) is 11.4. The lowest BCUT2D eigenvalue weighted by atomic mass is 10.2. The van der Waals surface area contributed by atoms with Crippen molar-refractivity contribution in [3.05, 3.63) is 45.0 Å². The van der Waals surface area contributed by atoms with Crippen LogP contribution in [0.25, 0.3) is 5.69 Å². The third kappa shape index (κ3) is 5.05. The van der Waals surface area contributed by atoms with Gasteiger partial charge < -0.3 is 14.7 Å². The second-order valence-corrected chi connectivity index (χ2v) is 6.31. The SMILES string of the molecule is CCN(CC)CCCN=Cc1c(O)n(-c2ccccc2OC)c(=S)[nH]c1=O. The van der Waals surface area contributed by atoms with Crippen LogP contribution >= 0.6 is 12.2 Å². The van der Waals surface area contributed by atoms with Gasteiger partial charge in [0, 0.05) is 12.8 Å². The number of nitrogens with one attached hydrogen (secondary N) is 1. The monoisotopic (exact) mass is 390 g/mol. The van der Waals surface area contributed by atoms with E-state index < -0.39 is 5.56 Å². The summed E-state index contributed by atoms with van der Waals surface area (Å²) in [7, 11) is 1.53. The number of H-pyrrole nitrogens is 1. The van der Waals surface area contributed by atoms with E-state index in [4.69, 9.17) is 17.0 Å². The molecule has 146 valence electrons. The largest absolute Gasteiger partial charge is 0.495 e. The van der Waals surface area contributed by atoms with Crippen LogP contribution in [0.2, 0.25) is 0 Å². The molecule has 0 bridgehead atoms. The zero-order valence-corrected chi connectivity index (χ0v) is 16.8. The van der Waals surface area contributed by atoms with Crippen molar-refractivity contribution in [2.24, 2.45) is 4.99 Å². The number of nitrogens with zero attached hydrogens (tertiary/aromatic N) is 3. The first-order valence-corrected chi connectivity index (χ1v) is 9.38. The summed E-state index contributed by atoms with van der Waals surface area (Å²) in [5.74, 6) is 0.263. The third-order valence-corrected chi connectivity index (χ3v) is 4.61. The molecule has 0 atom stereocenters. The van der Waals surface area contributed by atoms with Crippen molar-refractivity contribution in [1.82, 2.24) is 14.5 Å². The number of aromatic nitrogens is 2. The summed E-state index contributed by atoms with van der Waals surface area (Å²) in [5, 5.41) is 10.7. The number of methoxy groups -OCH3 is 1. The van der Waals surface area contributed by atoms with Crippen LogP contribution in [0, 0.1) is 4.77 Å². The lowest BCUT2D eigenvalue weighted by molar-refractivity contribution is 0.302. The van der Waals surface area contributed by atoms with Crippen LogP contribution in [-0.4, -0.2) is 59.1 Å². The van der Waals surface area contributed by atoms with Gasteiger partial charge in [0.2, 0.25) is 5.88 Å². The predicted octanol–water partition coefficient (Wildman–Crippen LogP) is 2.76. The van der Waals surface area contributed by atoms with Gasteiger partial charge in [-0.25, -0.2) is 0 Å². The van der Waals surface area contributed by atoms with Crippen molar-refractivity contribution in [2.45, 2.75) is 20.3 Å². The summed E-state index contributed by atoms with van der Waals surface area (Å²) in [6.07, 6.45) is 2.28. The van der Waals surface area contributed by atoms with Gasteiger partial charge in [-0.05, 0) is 50.4 Å². The first kappa shape index (κ1) is 20.9. The summed E-state index contributed by atoms with van der Waals surface area (Å²) >= 11 is 5.23. The zero-order chi connectivity index (χ0) is 19.8. The lowest BCUT2D eigenvalue weighted by Crippen LogP contribution is -2.24. The molecule has 0 aliphatic rings. The second-order valence-electron chi connectivity index (χ2n) is 5.92. The maximum Gasteiger partial charge on any atom is 0.264 e. The molecular weight excluding hydrogens is 364 g/mol. The van der Waals surface area contributed by atoms with Crippen LogP contribution in [0.1, 0.15) is 25.8 Å². The quantitative estimate of drug-likeness (QED) is 0.391. The number of hydrogen-bond donors (Lipinski definition) is 2. The minimum Gasteiger partial charge on any atom is -0.495 e. The van der Waals surface area contributed by atoms with Gasteiger partial charge in [0.1, 0.15) is 11.3 Å². The molecule has 1 aromatic carbocycles. The Hall–Kier alpha value is -2.45. The molecule has 0 aliphatic carbocycles. The topological polar surface area (TPSA) is 82.8 Å². The molecule has 0 aliphatic heterocycles. The van der Waals surface area contributed by atoms with E-state index in [-0.39, 0.29) is 16.2 Å². The summed E-state index contributed by atoms with van der Waals surface area (Å²) in [5.41, 5.74) is 0.128. The minimum absolute atomic E-state index is 0.0670. The number of aromatic hydroxyl groups is 1. The molecule has 0 unspecified atom stereocenters. The maximum atomic E-state index is 12.2. The van der Waals surface area contributed by atoms with Crippen LogP contribution < -0.4 is 10.3 Å². The van der Waals surface area contributed by atoms with Crippen LogP contribution in [0.3, 0.4) is 0 Å². The molecule has 0 fully saturated rings. The molecule has 0 radical (unpaired) electrons. The van der Waals surface area contributed by atoms with Gasteiger partial charge in [-0.15, -0.1) is 0 Å². The molecule has 2 aromatic rings. The number of benzene rings is 1. The smallest absolute Gasteiger partial charge is 0.264 e. The number of para-hydroxylation sites is 2. The number of rotatable bonds is 9. The van der Waals surface area contributed by atoms with Crippen molar-refractivity contribution in [3.63, 3.8) is 0 Å². The van der Waals surface area contributed by atoms with E-state index in [1.54, 1.807) is 18.2 Å². The number of aromatic amines is 1. The standard InChI is InChI=1S/C19H26N4O3S/c1-4-22(5-2)12-8-11-20-13-14-17(24)21-19(27)23(18(14)25)15-9-6-7-10-16(15)26-3/h6-7,9-10,13,25H,4-5,8,11-12H2,1-3H3,(H,21,24,27). The summed E-state index contributed by atoms with van der Waals surface area (Å²) in [6.45, 7) is 7.76. The molecule has 7 nitrogen and oxygen atoms in total. The van der Waals surface area contributed by atoms with E-state index in [0.29, 0.717) is 18.0 Å². The van der Waals surface area contributed by atoms with Gasteiger partial charge in [-0.1, -0.05) is 26.0 Å². The molecule has 0 amide bonds.